The van der Waals surface area contributed by atoms with E-state index in [9.17, 15) is 14.7 Å². The van der Waals surface area contributed by atoms with Gasteiger partial charge < -0.3 is 25.8 Å². The maximum atomic E-state index is 12.9. The Morgan fingerprint density at radius 3 is 2.67 bits per heavy atom. The first-order valence-corrected chi connectivity index (χ1v) is 10.8. The van der Waals surface area contributed by atoms with Crippen molar-refractivity contribution in [1.29, 1.82) is 0 Å². The zero-order valence-corrected chi connectivity index (χ0v) is 17.7. The molecule has 1 fully saturated rings. The van der Waals surface area contributed by atoms with Gasteiger partial charge in [0.25, 0.3) is 5.91 Å². The molecule has 0 aliphatic carbocycles. The van der Waals surface area contributed by atoms with Gasteiger partial charge in [-0.3, -0.25) is 9.59 Å². The van der Waals surface area contributed by atoms with E-state index in [-0.39, 0.29) is 17.7 Å². The molecule has 0 aromatic heterocycles. The van der Waals surface area contributed by atoms with Crippen molar-refractivity contribution in [2.75, 3.05) is 11.9 Å². The van der Waals surface area contributed by atoms with Crippen LogP contribution >= 0.6 is 11.8 Å². The van der Waals surface area contributed by atoms with Gasteiger partial charge in [0.15, 0.2) is 6.29 Å². The first-order valence-electron chi connectivity index (χ1n) is 10.0. The van der Waals surface area contributed by atoms with Crippen molar-refractivity contribution in [3.63, 3.8) is 0 Å². The number of carbonyl (C=O) groups is 2. The second kappa shape index (κ2) is 8.67. The highest BCUT2D eigenvalue weighted by atomic mass is 32.2. The molecule has 3 atom stereocenters. The normalized spacial score (nSPS) is 20.7. The van der Waals surface area contributed by atoms with Crippen LogP contribution in [0, 0.1) is 5.92 Å². The molecule has 1 saturated heterocycles. The fraction of sp³-hybridized carbons (Fsp3) is 0.364. The number of benzene rings is 2. The Balaban J connectivity index is 1.46. The molecule has 4 N–H and O–H groups in total. The van der Waals surface area contributed by atoms with E-state index in [4.69, 9.17) is 4.74 Å². The monoisotopic (exact) mass is 427 g/mol. The molecule has 0 bridgehead atoms. The summed E-state index contributed by atoms with van der Waals surface area (Å²) in [6.07, 6.45) is -0.467. The number of aliphatic hydroxyl groups excluding tert-OH is 1. The van der Waals surface area contributed by atoms with Crippen LogP contribution in [0.2, 0.25) is 0 Å². The van der Waals surface area contributed by atoms with E-state index in [0.717, 1.165) is 21.2 Å². The van der Waals surface area contributed by atoms with Gasteiger partial charge in [-0.2, -0.15) is 0 Å². The van der Waals surface area contributed by atoms with Crippen molar-refractivity contribution >= 4 is 35.0 Å². The Morgan fingerprint density at radius 2 is 1.93 bits per heavy atom. The highest BCUT2D eigenvalue weighted by Gasteiger charge is 2.32. The van der Waals surface area contributed by atoms with Crippen LogP contribution in [0.4, 0.5) is 11.4 Å². The summed E-state index contributed by atoms with van der Waals surface area (Å²) in [7, 11) is 0. The molecule has 8 heteroatoms. The van der Waals surface area contributed by atoms with Crippen molar-refractivity contribution in [2.24, 2.45) is 5.92 Å². The predicted molar refractivity (Wildman–Crippen MR) is 115 cm³/mol. The highest BCUT2D eigenvalue weighted by molar-refractivity contribution is 7.99. The van der Waals surface area contributed by atoms with Crippen molar-refractivity contribution < 1.29 is 19.4 Å². The fourth-order valence-electron chi connectivity index (χ4n) is 3.53. The van der Waals surface area contributed by atoms with Gasteiger partial charge in [0.1, 0.15) is 6.04 Å². The SMILES string of the molecule is CC(C)[C@H](NC(=O)c1ccc2c(c1)Nc1ccccc1S2)C(=O)N[C@H]1CCOC1O. The quantitative estimate of drug-likeness (QED) is 0.500. The van der Waals surface area contributed by atoms with E-state index in [1.165, 1.54) is 0 Å². The second-order valence-corrected chi connectivity index (χ2v) is 8.88. The largest absolute Gasteiger partial charge is 0.366 e. The summed E-state index contributed by atoms with van der Waals surface area (Å²) >= 11 is 1.65. The van der Waals surface area contributed by atoms with E-state index in [2.05, 4.69) is 22.0 Å². The van der Waals surface area contributed by atoms with Gasteiger partial charge in [0.05, 0.1) is 24.0 Å². The third kappa shape index (κ3) is 4.30. The van der Waals surface area contributed by atoms with Gasteiger partial charge in [0.2, 0.25) is 5.91 Å². The number of amides is 2. The molecule has 0 spiro atoms. The number of carbonyl (C=O) groups excluding carboxylic acids is 2. The Labute approximate surface area is 179 Å². The zero-order valence-electron chi connectivity index (χ0n) is 16.8. The van der Waals surface area contributed by atoms with Crippen molar-refractivity contribution in [3.8, 4) is 0 Å². The van der Waals surface area contributed by atoms with Gasteiger partial charge in [-0.15, -0.1) is 0 Å². The highest BCUT2D eigenvalue weighted by Crippen LogP contribution is 2.44. The first kappa shape index (κ1) is 20.7. The lowest BCUT2D eigenvalue weighted by atomic mass is 10.0. The van der Waals surface area contributed by atoms with Crippen molar-refractivity contribution in [2.45, 2.75) is 48.4 Å². The van der Waals surface area contributed by atoms with Gasteiger partial charge in [-0.25, -0.2) is 0 Å². The summed E-state index contributed by atoms with van der Waals surface area (Å²) in [6.45, 7) is 4.14. The lowest BCUT2D eigenvalue weighted by Crippen LogP contribution is -2.53. The third-order valence-corrected chi connectivity index (χ3v) is 6.39. The number of hydrogen-bond donors (Lipinski definition) is 4. The molecule has 30 heavy (non-hydrogen) atoms. The molecule has 2 aliphatic heterocycles. The molecule has 158 valence electrons. The van der Waals surface area contributed by atoms with E-state index in [1.54, 1.807) is 23.9 Å². The molecule has 4 rings (SSSR count). The minimum Gasteiger partial charge on any atom is -0.366 e. The zero-order chi connectivity index (χ0) is 21.3. The van der Waals surface area contributed by atoms with Crippen LogP contribution < -0.4 is 16.0 Å². The van der Waals surface area contributed by atoms with Crippen LogP contribution in [0.1, 0.15) is 30.6 Å². The van der Waals surface area contributed by atoms with Crippen LogP contribution in [0.5, 0.6) is 0 Å². The average Bonchev–Trinajstić information content (AvgIpc) is 3.13. The van der Waals surface area contributed by atoms with Gasteiger partial charge in [-0.05, 0) is 42.7 Å². The van der Waals surface area contributed by atoms with Gasteiger partial charge >= 0.3 is 0 Å². The number of nitrogens with one attached hydrogen (secondary N) is 3. The van der Waals surface area contributed by atoms with E-state index in [1.807, 2.05) is 38.1 Å². The summed E-state index contributed by atoms with van der Waals surface area (Å²) < 4.78 is 5.08. The van der Waals surface area contributed by atoms with E-state index >= 15 is 0 Å². The molecular weight excluding hydrogens is 402 g/mol. The van der Waals surface area contributed by atoms with E-state index in [0.29, 0.717) is 18.6 Å². The molecule has 2 aliphatic rings. The van der Waals surface area contributed by atoms with Crippen LogP contribution in [0.15, 0.2) is 52.3 Å². The fourth-order valence-corrected chi connectivity index (χ4v) is 4.50. The Hall–Kier alpha value is -2.55. The van der Waals surface area contributed by atoms with Gasteiger partial charge in [-0.1, -0.05) is 37.7 Å². The molecular formula is C22H25N3O4S. The summed E-state index contributed by atoms with van der Waals surface area (Å²) in [5.74, 6) is -0.763. The lowest BCUT2D eigenvalue weighted by Gasteiger charge is -2.25. The average molecular weight is 428 g/mol. The molecule has 2 amide bonds. The van der Waals surface area contributed by atoms with Crippen molar-refractivity contribution in [1.82, 2.24) is 10.6 Å². The number of anilines is 2. The summed E-state index contributed by atoms with van der Waals surface area (Å²) in [6, 6.07) is 12.3. The minimum atomic E-state index is -1.01. The number of aliphatic hydroxyl groups is 1. The smallest absolute Gasteiger partial charge is 0.252 e. The first-order chi connectivity index (χ1) is 14.4. The number of ether oxygens (including phenoxy) is 1. The molecule has 1 unspecified atom stereocenters. The molecule has 2 heterocycles. The molecule has 0 saturated carbocycles. The number of rotatable bonds is 5. The number of hydrogen-bond acceptors (Lipinski definition) is 6. The maximum absolute atomic E-state index is 12.9. The lowest BCUT2D eigenvalue weighted by molar-refractivity contribution is -0.128. The van der Waals surface area contributed by atoms with Crippen LogP contribution in [0.25, 0.3) is 0 Å². The molecule has 0 radical (unpaired) electrons. The Kier molecular flexibility index (Phi) is 5.99. The third-order valence-electron chi connectivity index (χ3n) is 5.24. The van der Waals surface area contributed by atoms with Crippen LogP contribution in [0.3, 0.4) is 0 Å². The minimum absolute atomic E-state index is 0.119. The molecule has 2 aromatic carbocycles. The van der Waals surface area contributed by atoms with Crippen LogP contribution in [-0.4, -0.2) is 41.9 Å². The summed E-state index contributed by atoms with van der Waals surface area (Å²) in [5.41, 5.74) is 2.34. The number of para-hydroxylation sites is 1. The van der Waals surface area contributed by atoms with Gasteiger partial charge in [0, 0.05) is 15.4 Å². The summed E-state index contributed by atoms with van der Waals surface area (Å²) in [5, 5.41) is 18.8. The maximum Gasteiger partial charge on any atom is 0.252 e. The second-order valence-electron chi connectivity index (χ2n) is 7.79. The summed E-state index contributed by atoms with van der Waals surface area (Å²) in [4.78, 5) is 27.8. The topological polar surface area (TPSA) is 99.7 Å². The number of fused-ring (bicyclic) bond motifs is 2. The standard InChI is InChI=1S/C22H25N3O4S/c1-12(2)19(21(27)24-15-9-10-29-22(15)28)25-20(26)13-7-8-18-16(11-13)23-14-5-3-4-6-17(14)30-18/h3-8,11-12,15,19,22-23,28H,9-10H2,1-2H3,(H,24,27)(H,25,26)/t15-,19-,22?/m0/s1. The van der Waals surface area contributed by atoms with Crippen LogP contribution in [-0.2, 0) is 9.53 Å². The van der Waals surface area contributed by atoms with Crippen molar-refractivity contribution in [3.05, 3.63) is 48.0 Å². The Bertz CT molecular complexity index is 965. The molecule has 2 aromatic rings. The molecule has 7 nitrogen and oxygen atoms in total. The van der Waals surface area contributed by atoms with E-state index < -0.39 is 18.4 Å². The Morgan fingerprint density at radius 1 is 1.17 bits per heavy atom. The predicted octanol–water partition coefficient (Wildman–Crippen LogP) is 2.87.